The summed E-state index contributed by atoms with van der Waals surface area (Å²) in [7, 11) is 1.89. The molecule has 2 aromatic rings. The van der Waals surface area contributed by atoms with Crippen LogP contribution in [0.3, 0.4) is 0 Å². The van der Waals surface area contributed by atoms with Gasteiger partial charge in [0, 0.05) is 20.2 Å². The first kappa shape index (κ1) is 16.0. The molecule has 5 heteroatoms. The van der Waals surface area contributed by atoms with E-state index in [1.807, 2.05) is 37.1 Å². The second-order valence-electron chi connectivity index (χ2n) is 6.44. The summed E-state index contributed by atoms with van der Waals surface area (Å²) in [5, 5.41) is 0. The Morgan fingerprint density at radius 3 is 3.13 bits per heavy atom. The smallest absolute Gasteiger partial charge is 0.226 e. The van der Waals surface area contributed by atoms with Crippen molar-refractivity contribution in [1.82, 2.24) is 14.9 Å². The molecule has 1 amide bonds. The number of carbonyl (C=O) groups is 1. The zero-order valence-electron chi connectivity index (χ0n) is 14.0. The van der Waals surface area contributed by atoms with Gasteiger partial charge in [0.2, 0.25) is 5.91 Å². The number of ether oxygens (including phenoxy) is 1. The average Bonchev–Trinajstić information content (AvgIpc) is 3.15. The Bertz CT molecular complexity index is 674. The number of rotatable bonds is 6. The maximum Gasteiger partial charge on any atom is 0.226 e. The van der Waals surface area contributed by atoms with Crippen molar-refractivity contribution in [1.29, 1.82) is 0 Å². The molecule has 1 aliphatic rings. The first-order chi connectivity index (χ1) is 11.1. The summed E-state index contributed by atoms with van der Waals surface area (Å²) in [6, 6.07) is 5.98. The molecule has 1 atom stereocenters. The number of aromatic amines is 1. The monoisotopic (exact) mass is 315 g/mol. The number of hydrogen-bond donors (Lipinski definition) is 1. The van der Waals surface area contributed by atoms with Crippen molar-refractivity contribution >= 4 is 16.9 Å². The van der Waals surface area contributed by atoms with Crippen molar-refractivity contribution in [2.45, 2.75) is 45.1 Å². The van der Waals surface area contributed by atoms with Crippen LogP contribution in [0.25, 0.3) is 11.0 Å². The number of H-pyrrole nitrogens is 1. The van der Waals surface area contributed by atoms with Crippen molar-refractivity contribution in [3.8, 4) is 0 Å². The Hall–Kier alpha value is -1.88. The Morgan fingerprint density at radius 2 is 2.35 bits per heavy atom. The summed E-state index contributed by atoms with van der Waals surface area (Å²) in [5.41, 5.74) is 2.97. The number of nitrogens with one attached hydrogen (secondary N) is 1. The van der Waals surface area contributed by atoms with Crippen molar-refractivity contribution in [2.24, 2.45) is 0 Å². The minimum atomic E-state index is 0.160. The SMILES string of the molecule is Cc1nc2ccc(CC(=O)N(C)CCC[C@H]3CCCO3)cc2[nH]1. The number of carbonyl (C=O) groups excluding carboxylic acids is 1. The molecular weight excluding hydrogens is 290 g/mol. The minimum Gasteiger partial charge on any atom is -0.378 e. The van der Waals surface area contributed by atoms with Crippen LogP contribution in [0.4, 0.5) is 0 Å². The molecule has 1 aliphatic heterocycles. The van der Waals surface area contributed by atoms with Crippen LogP contribution in [0.15, 0.2) is 18.2 Å². The zero-order valence-corrected chi connectivity index (χ0v) is 14.0. The van der Waals surface area contributed by atoms with Gasteiger partial charge < -0.3 is 14.6 Å². The van der Waals surface area contributed by atoms with Gasteiger partial charge in [0.05, 0.1) is 23.6 Å². The minimum absolute atomic E-state index is 0.160. The molecule has 124 valence electrons. The van der Waals surface area contributed by atoms with E-state index in [0.717, 1.165) is 48.4 Å². The summed E-state index contributed by atoms with van der Waals surface area (Å²) < 4.78 is 5.62. The summed E-state index contributed by atoms with van der Waals surface area (Å²) in [4.78, 5) is 21.8. The molecular formula is C18H25N3O2. The second kappa shape index (κ2) is 7.13. The van der Waals surface area contributed by atoms with Gasteiger partial charge in [0.1, 0.15) is 5.82 Å². The van der Waals surface area contributed by atoms with Gasteiger partial charge in [-0.1, -0.05) is 6.07 Å². The molecule has 0 unspecified atom stereocenters. The van der Waals surface area contributed by atoms with E-state index in [1.54, 1.807) is 0 Å². The Balaban J connectivity index is 1.50. The van der Waals surface area contributed by atoms with E-state index in [-0.39, 0.29) is 5.91 Å². The first-order valence-electron chi connectivity index (χ1n) is 8.42. The molecule has 1 N–H and O–H groups in total. The first-order valence-corrected chi connectivity index (χ1v) is 8.42. The molecule has 1 saturated heterocycles. The fourth-order valence-electron chi connectivity index (χ4n) is 3.16. The molecule has 2 heterocycles. The summed E-state index contributed by atoms with van der Waals surface area (Å²) in [6.45, 7) is 3.63. The molecule has 3 rings (SSSR count). The number of fused-ring (bicyclic) bond motifs is 1. The Labute approximate surface area is 137 Å². The predicted molar refractivity (Wildman–Crippen MR) is 90.4 cm³/mol. The molecule has 0 saturated carbocycles. The lowest BCUT2D eigenvalue weighted by atomic mass is 10.1. The third-order valence-corrected chi connectivity index (χ3v) is 4.49. The van der Waals surface area contributed by atoms with Crippen molar-refractivity contribution in [3.63, 3.8) is 0 Å². The van der Waals surface area contributed by atoms with Gasteiger partial charge in [0.25, 0.3) is 0 Å². The van der Waals surface area contributed by atoms with Crippen molar-refractivity contribution in [3.05, 3.63) is 29.6 Å². The lowest BCUT2D eigenvalue weighted by molar-refractivity contribution is -0.129. The topological polar surface area (TPSA) is 58.2 Å². The van der Waals surface area contributed by atoms with E-state index >= 15 is 0 Å². The Morgan fingerprint density at radius 1 is 1.48 bits per heavy atom. The number of amides is 1. The van der Waals surface area contributed by atoms with E-state index in [4.69, 9.17) is 4.74 Å². The molecule has 0 bridgehead atoms. The zero-order chi connectivity index (χ0) is 16.2. The lowest BCUT2D eigenvalue weighted by Crippen LogP contribution is -2.29. The van der Waals surface area contributed by atoms with Crippen LogP contribution in [0.5, 0.6) is 0 Å². The summed E-state index contributed by atoms with van der Waals surface area (Å²) in [5.74, 6) is 1.06. The predicted octanol–water partition coefficient (Wildman–Crippen LogP) is 2.83. The highest BCUT2D eigenvalue weighted by Gasteiger charge is 2.16. The normalized spacial score (nSPS) is 17.7. The number of imidazole rings is 1. The van der Waals surface area contributed by atoms with E-state index in [0.29, 0.717) is 12.5 Å². The molecule has 0 aliphatic carbocycles. The molecule has 5 nitrogen and oxygen atoms in total. The maximum absolute atomic E-state index is 12.3. The number of likely N-dealkylation sites (N-methyl/N-ethyl adjacent to an activating group) is 1. The number of benzene rings is 1. The highest BCUT2D eigenvalue weighted by atomic mass is 16.5. The van der Waals surface area contributed by atoms with Crippen LogP contribution in [-0.4, -0.2) is 47.1 Å². The van der Waals surface area contributed by atoms with Crippen LogP contribution < -0.4 is 0 Å². The van der Waals surface area contributed by atoms with Crippen LogP contribution in [-0.2, 0) is 16.0 Å². The van der Waals surface area contributed by atoms with Gasteiger partial charge >= 0.3 is 0 Å². The Kier molecular flexibility index (Phi) is 4.96. The summed E-state index contributed by atoms with van der Waals surface area (Å²) >= 11 is 0. The lowest BCUT2D eigenvalue weighted by Gasteiger charge is -2.18. The maximum atomic E-state index is 12.3. The third-order valence-electron chi connectivity index (χ3n) is 4.49. The second-order valence-corrected chi connectivity index (χ2v) is 6.44. The van der Waals surface area contributed by atoms with Gasteiger partial charge in [-0.05, 0) is 50.3 Å². The average molecular weight is 315 g/mol. The molecule has 0 radical (unpaired) electrons. The van der Waals surface area contributed by atoms with E-state index < -0.39 is 0 Å². The van der Waals surface area contributed by atoms with Gasteiger partial charge in [-0.25, -0.2) is 4.98 Å². The van der Waals surface area contributed by atoms with E-state index in [2.05, 4.69) is 9.97 Å². The van der Waals surface area contributed by atoms with Crippen LogP contribution >= 0.6 is 0 Å². The molecule has 0 spiro atoms. The van der Waals surface area contributed by atoms with Gasteiger partial charge in [-0.3, -0.25) is 4.79 Å². The van der Waals surface area contributed by atoms with Crippen LogP contribution in [0.1, 0.15) is 37.1 Å². The molecule has 23 heavy (non-hydrogen) atoms. The van der Waals surface area contributed by atoms with Crippen LogP contribution in [0.2, 0.25) is 0 Å². The fraction of sp³-hybridized carbons (Fsp3) is 0.556. The molecule has 1 fully saturated rings. The van der Waals surface area contributed by atoms with Gasteiger partial charge in [0.15, 0.2) is 0 Å². The van der Waals surface area contributed by atoms with Crippen molar-refractivity contribution in [2.75, 3.05) is 20.2 Å². The number of nitrogens with zero attached hydrogens (tertiary/aromatic N) is 2. The van der Waals surface area contributed by atoms with Crippen LogP contribution in [0, 0.1) is 6.92 Å². The highest BCUT2D eigenvalue weighted by Crippen LogP contribution is 2.17. The number of hydrogen-bond acceptors (Lipinski definition) is 3. The standard InChI is InChI=1S/C18H25N3O2/c1-13-19-16-8-7-14(11-17(16)20-13)12-18(22)21(2)9-3-5-15-6-4-10-23-15/h7-8,11,15H,3-6,9-10,12H2,1-2H3,(H,19,20)/t15-/m0/s1. The van der Waals surface area contributed by atoms with Crippen molar-refractivity contribution < 1.29 is 9.53 Å². The number of aryl methyl sites for hydroxylation is 1. The largest absolute Gasteiger partial charge is 0.378 e. The number of aromatic nitrogens is 2. The van der Waals surface area contributed by atoms with Gasteiger partial charge in [-0.2, -0.15) is 0 Å². The van der Waals surface area contributed by atoms with E-state index in [9.17, 15) is 4.79 Å². The van der Waals surface area contributed by atoms with E-state index in [1.165, 1.54) is 12.8 Å². The fourth-order valence-corrected chi connectivity index (χ4v) is 3.16. The quantitative estimate of drug-likeness (QED) is 0.892. The molecule has 1 aromatic carbocycles. The molecule has 1 aromatic heterocycles. The van der Waals surface area contributed by atoms with Gasteiger partial charge in [-0.15, -0.1) is 0 Å². The summed E-state index contributed by atoms with van der Waals surface area (Å²) in [6.07, 6.45) is 5.24. The highest BCUT2D eigenvalue weighted by molar-refractivity contribution is 5.81. The third kappa shape index (κ3) is 4.10.